The van der Waals surface area contributed by atoms with Gasteiger partial charge in [0.15, 0.2) is 0 Å². The van der Waals surface area contributed by atoms with Gasteiger partial charge in [-0.05, 0) is 29.8 Å². The molecule has 27 heavy (non-hydrogen) atoms. The van der Waals surface area contributed by atoms with Crippen LogP contribution in [0.2, 0.25) is 0 Å². The van der Waals surface area contributed by atoms with E-state index in [2.05, 4.69) is 36.1 Å². The van der Waals surface area contributed by atoms with Crippen LogP contribution in [0.15, 0.2) is 53.0 Å². The Balaban J connectivity index is 0.00000261. The summed E-state index contributed by atoms with van der Waals surface area (Å²) >= 11 is 3.42. The van der Waals surface area contributed by atoms with Gasteiger partial charge < -0.3 is 31.5 Å². The molecule has 0 aliphatic heterocycles. The van der Waals surface area contributed by atoms with Crippen molar-refractivity contribution in [2.45, 2.75) is 25.6 Å². The van der Waals surface area contributed by atoms with E-state index < -0.39 is 6.10 Å². The predicted octanol–water partition coefficient (Wildman–Crippen LogP) is -1.04. The second-order valence-corrected chi connectivity index (χ2v) is 7.87. The van der Waals surface area contributed by atoms with Crippen LogP contribution in [0.25, 0.3) is 11.0 Å². The second kappa shape index (κ2) is 9.55. The molecule has 146 valence electrons. The molecule has 1 unspecified atom stereocenters. The lowest BCUT2D eigenvalue weighted by atomic mass is 10.1. The summed E-state index contributed by atoms with van der Waals surface area (Å²) in [5.41, 5.74) is 3.34. The van der Waals surface area contributed by atoms with Gasteiger partial charge in [-0.1, -0.05) is 40.2 Å². The third-order valence-corrected chi connectivity index (χ3v) is 5.17. The summed E-state index contributed by atoms with van der Waals surface area (Å²) < 4.78 is 4.94. The van der Waals surface area contributed by atoms with Crippen LogP contribution in [0, 0.1) is 5.41 Å². The van der Waals surface area contributed by atoms with Gasteiger partial charge in [0.2, 0.25) is 5.62 Å². The summed E-state index contributed by atoms with van der Waals surface area (Å²) in [6.07, 6.45) is 0.366. The van der Waals surface area contributed by atoms with Crippen molar-refractivity contribution in [2.75, 3.05) is 20.6 Å². The Kier molecular flexibility index (Phi) is 7.68. The molecular weight excluding hydrogens is 428 g/mol. The highest BCUT2D eigenvalue weighted by Gasteiger charge is 2.15. The molecule has 0 spiro atoms. The molecule has 0 saturated carbocycles. The van der Waals surface area contributed by atoms with E-state index in [4.69, 9.17) is 5.41 Å². The normalized spacial score (nSPS) is 12.3. The van der Waals surface area contributed by atoms with Gasteiger partial charge in [-0.2, -0.15) is 0 Å². The van der Waals surface area contributed by atoms with Gasteiger partial charge in [0, 0.05) is 17.4 Å². The molecule has 1 atom stereocenters. The first kappa shape index (κ1) is 21.7. The number of hydrogen-bond acceptors (Lipinski definition) is 2. The fourth-order valence-electron chi connectivity index (χ4n) is 3.26. The number of hydrogen-bond donors (Lipinski definition) is 3. The number of aliphatic hydroxyl groups is 1. The van der Waals surface area contributed by atoms with Crippen LogP contribution >= 0.6 is 15.9 Å². The number of halogens is 2. The van der Waals surface area contributed by atoms with Crippen molar-refractivity contribution in [3.8, 4) is 0 Å². The monoisotopic (exact) mass is 452 g/mol. The van der Waals surface area contributed by atoms with Crippen molar-refractivity contribution in [1.82, 2.24) is 9.13 Å². The Labute approximate surface area is 174 Å². The highest BCUT2D eigenvalue weighted by Crippen LogP contribution is 2.20. The van der Waals surface area contributed by atoms with E-state index in [1.54, 1.807) is 0 Å². The summed E-state index contributed by atoms with van der Waals surface area (Å²) in [7, 11) is 4.29. The van der Waals surface area contributed by atoms with E-state index in [0.29, 0.717) is 12.2 Å². The lowest BCUT2D eigenvalue weighted by Gasteiger charge is -2.13. The highest BCUT2D eigenvalue weighted by molar-refractivity contribution is 9.10. The number of para-hydroxylation sites is 2. The van der Waals surface area contributed by atoms with Gasteiger partial charge in [-0.15, -0.1) is 0 Å². The van der Waals surface area contributed by atoms with Gasteiger partial charge in [-0.3, -0.25) is 5.41 Å². The number of fused-ring (bicyclic) bond motifs is 1. The van der Waals surface area contributed by atoms with Crippen molar-refractivity contribution in [1.29, 1.82) is 5.41 Å². The largest absolute Gasteiger partial charge is 1.00 e. The Morgan fingerprint density at radius 2 is 1.63 bits per heavy atom. The maximum atomic E-state index is 10.7. The average molecular weight is 454 g/mol. The van der Waals surface area contributed by atoms with Crippen molar-refractivity contribution < 1.29 is 22.4 Å². The quantitative estimate of drug-likeness (QED) is 0.420. The van der Waals surface area contributed by atoms with Gasteiger partial charge in [-0.25, -0.2) is 0 Å². The molecule has 0 aliphatic rings. The molecular formula is C20H26BrClN4O. The van der Waals surface area contributed by atoms with Gasteiger partial charge in [0.25, 0.3) is 0 Å². The molecule has 0 radical (unpaired) electrons. The third-order valence-electron chi connectivity index (χ3n) is 4.64. The zero-order valence-electron chi connectivity index (χ0n) is 15.6. The van der Waals surface area contributed by atoms with Crippen molar-refractivity contribution >= 4 is 27.0 Å². The summed E-state index contributed by atoms with van der Waals surface area (Å²) in [6.45, 7) is 2.24. The number of benzene rings is 2. The van der Waals surface area contributed by atoms with E-state index in [1.165, 1.54) is 4.90 Å². The van der Waals surface area contributed by atoms with Crippen LogP contribution in [0.3, 0.4) is 0 Å². The molecule has 0 amide bonds. The first-order valence-electron chi connectivity index (χ1n) is 8.92. The summed E-state index contributed by atoms with van der Waals surface area (Å²) in [6, 6.07) is 15.8. The minimum Gasteiger partial charge on any atom is -1.00 e. The molecule has 3 aromatic rings. The lowest BCUT2D eigenvalue weighted by Crippen LogP contribution is -3.05. The minimum absolute atomic E-state index is 0. The van der Waals surface area contributed by atoms with Crippen molar-refractivity contribution in [3.63, 3.8) is 0 Å². The molecule has 0 fully saturated rings. The number of aliphatic hydroxyl groups excluding tert-OH is 1. The predicted molar refractivity (Wildman–Crippen MR) is 107 cm³/mol. The van der Waals surface area contributed by atoms with Crippen LogP contribution in [0.1, 0.15) is 18.1 Å². The molecule has 0 bridgehead atoms. The number of rotatable bonds is 7. The van der Waals surface area contributed by atoms with E-state index >= 15 is 0 Å². The summed E-state index contributed by atoms with van der Waals surface area (Å²) in [4.78, 5) is 1.41. The summed E-state index contributed by atoms with van der Waals surface area (Å²) in [5, 5.41) is 19.3. The molecule has 3 N–H and O–H groups in total. The molecule has 3 rings (SSSR count). The molecule has 7 heteroatoms. The van der Waals surface area contributed by atoms with E-state index in [0.717, 1.165) is 40.6 Å². The summed E-state index contributed by atoms with van der Waals surface area (Å²) in [5.74, 6) is 0. The second-order valence-electron chi connectivity index (χ2n) is 6.95. The Morgan fingerprint density at radius 3 is 2.22 bits per heavy atom. The first-order valence-corrected chi connectivity index (χ1v) is 9.72. The fraction of sp³-hybridized carbons (Fsp3) is 0.350. The molecule has 5 nitrogen and oxygen atoms in total. The maximum absolute atomic E-state index is 10.7. The zero-order valence-corrected chi connectivity index (χ0v) is 18.0. The number of imidazole rings is 1. The van der Waals surface area contributed by atoms with Crippen LogP contribution in [-0.2, 0) is 13.1 Å². The third kappa shape index (κ3) is 5.02. The van der Waals surface area contributed by atoms with Crippen LogP contribution in [0.5, 0.6) is 0 Å². The number of nitrogens with one attached hydrogen (secondary N) is 2. The molecule has 0 aliphatic carbocycles. The van der Waals surface area contributed by atoms with E-state index in [1.807, 2.05) is 51.6 Å². The standard InChI is InChI=1S/C20H25BrN4O.ClH/c1-23(2)12-5-13-24-17-6-3-4-7-18(17)25(20(24)22)14-19(26)15-8-10-16(21)11-9-15;/h3-4,6-11,19,22,26H,5,12-14H2,1-2H3;1H. The first-order chi connectivity index (χ1) is 12.5. The van der Waals surface area contributed by atoms with Crippen LogP contribution < -0.4 is 22.9 Å². The minimum atomic E-state index is -0.650. The Hall–Kier alpha value is -1.60. The Bertz CT molecular complexity index is 933. The SMILES string of the molecule is C[NH+](C)CCCn1c(=N)n(CC(O)c2ccc(Br)cc2)c2ccccc21.[Cl-]. The smallest absolute Gasteiger partial charge is 0.203 e. The average Bonchev–Trinajstić information content (AvgIpc) is 2.88. The lowest BCUT2D eigenvalue weighted by molar-refractivity contribution is -0.858. The number of nitrogens with zero attached hydrogens (tertiary/aromatic N) is 2. The topological polar surface area (TPSA) is 58.4 Å². The fourth-order valence-corrected chi connectivity index (χ4v) is 3.52. The van der Waals surface area contributed by atoms with E-state index in [-0.39, 0.29) is 12.4 Å². The number of aromatic nitrogens is 2. The number of quaternary nitrogens is 1. The van der Waals surface area contributed by atoms with Crippen LogP contribution in [-0.4, -0.2) is 34.9 Å². The Morgan fingerprint density at radius 1 is 1.04 bits per heavy atom. The van der Waals surface area contributed by atoms with Gasteiger partial charge in [0.05, 0.1) is 44.3 Å². The number of aryl methyl sites for hydroxylation is 1. The highest BCUT2D eigenvalue weighted by atomic mass is 79.9. The molecule has 2 aromatic carbocycles. The van der Waals surface area contributed by atoms with E-state index in [9.17, 15) is 5.11 Å². The molecule has 1 aromatic heterocycles. The van der Waals surface area contributed by atoms with Crippen molar-refractivity contribution in [2.24, 2.45) is 0 Å². The van der Waals surface area contributed by atoms with Crippen LogP contribution in [0.4, 0.5) is 0 Å². The molecule has 0 saturated heterocycles. The van der Waals surface area contributed by atoms with Gasteiger partial charge in [0.1, 0.15) is 0 Å². The molecule has 1 heterocycles. The van der Waals surface area contributed by atoms with Crippen molar-refractivity contribution in [3.05, 3.63) is 64.2 Å². The maximum Gasteiger partial charge on any atom is 0.203 e. The van der Waals surface area contributed by atoms with Gasteiger partial charge >= 0.3 is 0 Å². The zero-order chi connectivity index (χ0) is 18.7.